The van der Waals surface area contributed by atoms with E-state index >= 15 is 0 Å². The van der Waals surface area contributed by atoms with E-state index in [1.807, 2.05) is 26.0 Å². The Bertz CT molecular complexity index is 341. The lowest BCUT2D eigenvalue weighted by Gasteiger charge is -2.16. The van der Waals surface area contributed by atoms with E-state index in [1.165, 1.54) is 0 Å². The van der Waals surface area contributed by atoms with Gasteiger partial charge in [0.15, 0.2) is 5.75 Å². The molecule has 1 aromatic rings. The molecule has 1 N–H and O–H groups in total. The third-order valence-corrected chi connectivity index (χ3v) is 2.37. The van der Waals surface area contributed by atoms with Crippen LogP contribution in [0, 0.1) is 0 Å². The number of nitrogens with one attached hydrogen (secondary N) is 1. The Hall–Kier alpha value is -0.600. The van der Waals surface area contributed by atoms with E-state index in [-0.39, 0.29) is 6.10 Å². The van der Waals surface area contributed by atoms with Gasteiger partial charge in [-0.3, -0.25) is 0 Å². The molecule has 90 valence electrons. The standard InChI is InChI=1S/C12H17Cl2NO/c1-7(2)15-9-5-10(13)12(11(14)6-9)16-8(3)4/h5-8,15H,1-4H3. The summed E-state index contributed by atoms with van der Waals surface area (Å²) in [6.07, 6.45) is 0.0545. The molecule has 0 fully saturated rings. The molecular weight excluding hydrogens is 245 g/mol. The number of halogens is 2. The van der Waals surface area contributed by atoms with Crippen LogP contribution >= 0.6 is 23.2 Å². The molecule has 0 aliphatic rings. The second kappa shape index (κ2) is 5.65. The summed E-state index contributed by atoms with van der Waals surface area (Å²) >= 11 is 12.2. The van der Waals surface area contributed by atoms with Crippen molar-refractivity contribution in [1.29, 1.82) is 0 Å². The average Bonchev–Trinajstić information content (AvgIpc) is 2.10. The molecule has 0 atom stereocenters. The summed E-state index contributed by atoms with van der Waals surface area (Å²) < 4.78 is 5.54. The predicted molar refractivity (Wildman–Crippen MR) is 71.0 cm³/mol. The van der Waals surface area contributed by atoms with Gasteiger partial charge in [0.2, 0.25) is 0 Å². The van der Waals surface area contributed by atoms with Crippen LogP contribution in [-0.4, -0.2) is 12.1 Å². The number of ether oxygens (including phenoxy) is 1. The lowest BCUT2D eigenvalue weighted by molar-refractivity contribution is 0.243. The van der Waals surface area contributed by atoms with E-state index in [9.17, 15) is 0 Å². The van der Waals surface area contributed by atoms with Gasteiger partial charge in [-0.2, -0.15) is 0 Å². The van der Waals surface area contributed by atoms with Crippen molar-refractivity contribution in [3.63, 3.8) is 0 Å². The lowest BCUT2D eigenvalue weighted by atomic mass is 10.2. The smallest absolute Gasteiger partial charge is 0.156 e. The van der Waals surface area contributed by atoms with Crippen LogP contribution < -0.4 is 10.1 Å². The molecule has 0 bridgehead atoms. The first kappa shape index (κ1) is 13.5. The molecule has 0 heterocycles. The fourth-order valence-electron chi connectivity index (χ4n) is 1.32. The average molecular weight is 262 g/mol. The highest BCUT2D eigenvalue weighted by Crippen LogP contribution is 2.36. The highest BCUT2D eigenvalue weighted by atomic mass is 35.5. The summed E-state index contributed by atoms with van der Waals surface area (Å²) in [5.41, 5.74) is 0.904. The molecular formula is C12H17Cl2NO. The number of anilines is 1. The molecule has 0 spiro atoms. The van der Waals surface area contributed by atoms with Crippen molar-refractivity contribution in [2.75, 3.05) is 5.32 Å². The first-order chi connectivity index (χ1) is 7.40. The van der Waals surface area contributed by atoms with E-state index in [2.05, 4.69) is 19.2 Å². The molecule has 0 saturated heterocycles. The molecule has 16 heavy (non-hydrogen) atoms. The molecule has 0 saturated carbocycles. The Kier molecular flexibility index (Phi) is 4.75. The maximum Gasteiger partial charge on any atom is 0.156 e. The predicted octanol–water partition coefficient (Wildman–Crippen LogP) is 4.60. The Morgan fingerprint density at radius 1 is 1.06 bits per heavy atom. The summed E-state index contributed by atoms with van der Waals surface area (Å²) in [6.45, 7) is 7.99. The Morgan fingerprint density at radius 3 is 1.94 bits per heavy atom. The van der Waals surface area contributed by atoms with Crippen LogP contribution in [0.15, 0.2) is 12.1 Å². The Morgan fingerprint density at radius 2 is 1.56 bits per heavy atom. The fourth-order valence-corrected chi connectivity index (χ4v) is 1.90. The van der Waals surface area contributed by atoms with Gasteiger partial charge in [0.1, 0.15) is 0 Å². The van der Waals surface area contributed by atoms with Gasteiger partial charge < -0.3 is 10.1 Å². The van der Waals surface area contributed by atoms with Crippen LogP contribution in [0.2, 0.25) is 10.0 Å². The molecule has 0 unspecified atom stereocenters. The quantitative estimate of drug-likeness (QED) is 0.856. The molecule has 0 aliphatic carbocycles. The maximum atomic E-state index is 6.11. The molecule has 2 nitrogen and oxygen atoms in total. The topological polar surface area (TPSA) is 21.3 Å². The first-order valence-electron chi connectivity index (χ1n) is 5.32. The van der Waals surface area contributed by atoms with Gasteiger partial charge in [-0.05, 0) is 39.8 Å². The molecule has 0 aliphatic heterocycles. The Labute approximate surface area is 107 Å². The van der Waals surface area contributed by atoms with Crippen LogP contribution in [0.25, 0.3) is 0 Å². The van der Waals surface area contributed by atoms with Gasteiger partial charge in [0.05, 0.1) is 16.1 Å². The summed E-state index contributed by atoms with van der Waals surface area (Å²) in [7, 11) is 0. The zero-order valence-electron chi connectivity index (χ0n) is 9.97. The lowest BCUT2D eigenvalue weighted by Crippen LogP contribution is -2.10. The monoisotopic (exact) mass is 261 g/mol. The van der Waals surface area contributed by atoms with Gasteiger partial charge in [0.25, 0.3) is 0 Å². The summed E-state index contributed by atoms with van der Waals surface area (Å²) in [5, 5.41) is 4.31. The van der Waals surface area contributed by atoms with E-state index in [1.54, 1.807) is 0 Å². The van der Waals surface area contributed by atoms with Gasteiger partial charge >= 0.3 is 0 Å². The van der Waals surface area contributed by atoms with E-state index in [0.717, 1.165) is 5.69 Å². The van der Waals surface area contributed by atoms with E-state index < -0.39 is 0 Å². The minimum Gasteiger partial charge on any atom is -0.488 e. The molecule has 4 heteroatoms. The Balaban J connectivity index is 2.98. The van der Waals surface area contributed by atoms with Crippen LogP contribution in [-0.2, 0) is 0 Å². The minimum absolute atomic E-state index is 0.0545. The second-order valence-corrected chi connectivity index (χ2v) is 5.05. The van der Waals surface area contributed by atoms with Gasteiger partial charge in [-0.1, -0.05) is 23.2 Å². The molecule has 0 aromatic heterocycles. The molecule has 1 aromatic carbocycles. The largest absolute Gasteiger partial charge is 0.488 e. The van der Waals surface area contributed by atoms with Crippen molar-refractivity contribution in [2.24, 2.45) is 0 Å². The second-order valence-electron chi connectivity index (χ2n) is 4.23. The fraction of sp³-hybridized carbons (Fsp3) is 0.500. The van der Waals surface area contributed by atoms with Gasteiger partial charge in [0, 0.05) is 11.7 Å². The normalized spacial score (nSPS) is 11.0. The number of benzene rings is 1. The van der Waals surface area contributed by atoms with Gasteiger partial charge in [-0.15, -0.1) is 0 Å². The van der Waals surface area contributed by atoms with Crippen LogP contribution in [0.3, 0.4) is 0 Å². The summed E-state index contributed by atoms with van der Waals surface area (Å²) in [4.78, 5) is 0. The van der Waals surface area contributed by atoms with Crippen LogP contribution in [0.1, 0.15) is 27.7 Å². The van der Waals surface area contributed by atoms with Crippen LogP contribution in [0.4, 0.5) is 5.69 Å². The number of hydrogen-bond acceptors (Lipinski definition) is 2. The van der Waals surface area contributed by atoms with Crippen molar-refractivity contribution in [1.82, 2.24) is 0 Å². The van der Waals surface area contributed by atoms with Crippen molar-refractivity contribution < 1.29 is 4.74 Å². The molecule has 0 amide bonds. The number of rotatable bonds is 4. The zero-order chi connectivity index (χ0) is 12.3. The van der Waals surface area contributed by atoms with Crippen LogP contribution in [0.5, 0.6) is 5.75 Å². The van der Waals surface area contributed by atoms with Crippen molar-refractivity contribution in [2.45, 2.75) is 39.8 Å². The zero-order valence-corrected chi connectivity index (χ0v) is 11.5. The first-order valence-corrected chi connectivity index (χ1v) is 6.08. The minimum atomic E-state index is 0.0545. The van der Waals surface area contributed by atoms with Crippen molar-refractivity contribution >= 4 is 28.9 Å². The third kappa shape index (κ3) is 3.76. The highest BCUT2D eigenvalue weighted by Gasteiger charge is 2.11. The van der Waals surface area contributed by atoms with E-state index in [0.29, 0.717) is 21.8 Å². The molecule has 1 rings (SSSR count). The van der Waals surface area contributed by atoms with Gasteiger partial charge in [-0.25, -0.2) is 0 Å². The number of hydrogen-bond donors (Lipinski definition) is 1. The SMILES string of the molecule is CC(C)Nc1cc(Cl)c(OC(C)C)c(Cl)c1. The summed E-state index contributed by atoms with van der Waals surface area (Å²) in [5.74, 6) is 0.549. The third-order valence-electron chi connectivity index (χ3n) is 1.81. The highest BCUT2D eigenvalue weighted by molar-refractivity contribution is 6.37. The molecule has 0 radical (unpaired) electrons. The van der Waals surface area contributed by atoms with E-state index in [4.69, 9.17) is 27.9 Å². The maximum absolute atomic E-state index is 6.11. The van der Waals surface area contributed by atoms with Crippen molar-refractivity contribution in [3.8, 4) is 5.75 Å². The van der Waals surface area contributed by atoms with Crippen molar-refractivity contribution in [3.05, 3.63) is 22.2 Å². The summed E-state index contributed by atoms with van der Waals surface area (Å²) in [6, 6.07) is 3.99.